The fourth-order valence-electron chi connectivity index (χ4n) is 3.16. The molecule has 0 spiro atoms. The Bertz CT molecular complexity index is 797. The van der Waals surface area contributed by atoms with Crippen LogP contribution in [-0.4, -0.2) is 66.4 Å². The molecule has 1 atom stereocenters. The van der Waals surface area contributed by atoms with Gasteiger partial charge in [-0.3, -0.25) is 9.59 Å². The fourth-order valence-corrected chi connectivity index (χ4v) is 4.13. The summed E-state index contributed by atoms with van der Waals surface area (Å²) in [6, 6.07) is 1.34. The van der Waals surface area contributed by atoms with Crippen molar-refractivity contribution in [3.05, 3.63) is 18.0 Å². The zero-order valence-electron chi connectivity index (χ0n) is 15.2. The number of hydrogen-bond acceptors (Lipinski definition) is 4. The van der Waals surface area contributed by atoms with Gasteiger partial charge in [-0.15, -0.1) is 0 Å². The van der Waals surface area contributed by atoms with E-state index in [1.165, 1.54) is 35.8 Å². The Labute approximate surface area is 148 Å². The summed E-state index contributed by atoms with van der Waals surface area (Å²) < 4.78 is 27.0. The number of hydrogen-bond donors (Lipinski definition) is 1. The first-order valence-corrected chi connectivity index (χ1v) is 9.49. The van der Waals surface area contributed by atoms with Gasteiger partial charge in [0.2, 0.25) is 10.0 Å². The standard InChI is InChI=1S/C16H25N3O5S/c1-11(2)16(15(21)22)6-7-19(10-16)14(20)13-8-12(9-18(13)5)25(23,24)17(3)4/h8-9,11H,6-7,10H2,1-5H3,(H,21,22). The molecule has 0 saturated carbocycles. The lowest BCUT2D eigenvalue weighted by Gasteiger charge is -2.28. The van der Waals surface area contributed by atoms with E-state index in [4.69, 9.17) is 0 Å². The van der Waals surface area contributed by atoms with E-state index in [-0.39, 0.29) is 29.0 Å². The number of rotatable bonds is 5. The Kier molecular flexibility index (Phi) is 5.02. The molecule has 1 aromatic heterocycles. The summed E-state index contributed by atoms with van der Waals surface area (Å²) in [6.07, 6.45) is 1.78. The molecule has 0 aromatic carbocycles. The molecule has 1 aliphatic rings. The van der Waals surface area contributed by atoms with Crippen molar-refractivity contribution >= 4 is 21.9 Å². The molecule has 0 aliphatic carbocycles. The van der Waals surface area contributed by atoms with E-state index in [0.717, 1.165) is 4.31 Å². The van der Waals surface area contributed by atoms with Crippen molar-refractivity contribution in [1.82, 2.24) is 13.8 Å². The van der Waals surface area contributed by atoms with Crippen molar-refractivity contribution in [2.45, 2.75) is 25.2 Å². The molecule has 2 heterocycles. The second-order valence-electron chi connectivity index (χ2n) is 7.05. The molecule has 9 heteroatoms. The maximum atomic E-state index is 12.8. The molecule has 8 nitrogen and oxygen atoms in total. The van der Waals surface area contributed by atoms with E-state index in [9.17, 15) is 23.1 Å². The van der Waals surface area contributed by atoms with Crippen molar-refractivity contribution in [2.24, 2.45) is 18.4 Å². The summed E-state index contributed by atoms with van der Waals surface area (Å²) in [5.41, 5.74) is -0.732. The lowest BCUT2D eigenvalue weighted by atomic mass is 9.76. The molecule has 0 radical (unpaired) electrons. The normalized spacial score (nSPS) is 21.3. The van der Waals surface area contributed by atoms with Crippen LogP contribution in [0.2, 0.25) is 0 Å². The largest absolute Gasteiger partial charge is 0.481 e. The van der Waals surface area contributed by atoms with Crippen LogP contribution in [0, 0.1) is 11.3 Å². The summed E-state index contributed by atoms with van der Waals surface area (Å²) in [6.45, 7) is 4.14. The predicted molar refractivity (Wildman–Crippen MR) is 91.7 cm³/mol. The van der Waals surface area contributed by atoms with Crippen LogP contribution >= 0.6 is 0 Å². The first-order valence-electron chi connectivity index (χ1n) is 8.05. The molecule has 1 aromatic rings. The van der Waals surface area contributed by atoms with Gasteiger partial charge in [-0.05, 0) is 18.4 Å². The van der Waals surface area contributed by atoms with E-state index in [1.807, 2.05) is 13.8 Å². The van der Waals surface area contributed by atoms with Gasteiger partial charge in [0.15, 0.2) is 0 Å². The van der Waals surface area contributed by atoms with Crippen LogP contribution < -0.4 is 0 Å². The average molecular weight is 371 g/mol. The quantitative estimate of drug-likeness (QED) is 0.827. The number of carbonyl (C=O) groups is 2. The molecule has 2 rings (SSSR count). The third-order valence-electron chi connectivity index (χ3n) is 5.10. The number of aliphatic carboxylic acids is 1. The summed E-state index contributed by atoms with van der Waals surface area (Å²) in [7, 11) is 0.814. The fraction of sp³-hybridized carbons (Fsp3) is 0.625. The summed E-state index contributed by atoms with van der Waals surface area (Å²) >= 11 is 0. The first-order chi connectivity index (χ1) is 11.4. The molecular weight excluding hydrogens is 346 g/mol. The van der Waals surface area contributed by atoms with Crippen molar-refractivity contribution in [2.75, 3.05) is 27.2 Å². The number of amides is 1. The lowest BCUT2D eigenvalue weighted by Crippen LogP contribution is -2.40. The number of likely N-dealkylation sites (tertiary alicyclic amines) is 1. The Morgan fingerprint density at radius 1 is 1.32 bits per heavy atom. The molecule has 1 N–H and O–H groups in total. The van der Waals surface area contributed by atoms with Crippen LogP contribution in [0.15, 0.2) is 17.2 Å². The Morgan fingerprint density at radius 2 is 1.92 bits per heavy atom. The van der Waals surface area contributed by atoms with Crippen LogP contribution in [0.4, 0.5) is 0 Å². The van der Waals surface area contributed by atoms with Gasteiger partial charge < -0.3 is 14.6 Å². The van der Waals surface area contributed by atoms with Crippen molar-refractivity contribution in [3.8, 4) is 0 Å². The Balaban J connectivity index is 2.32. The minimum atomic E-state index is -3.64. The van der Waals surface area contributed by atoms with Gasteiger partial charge in [0.1, 0.15) is 10.6 Å². The Morgan fingerprint density at radius 3 is 2.36 bits per heavy atom. The zero-order valence-corrected chi connectivity index (χ0v) is 16.0. The third-order valence-corrected chi connectivity index (χ3v) is 6.88. The van der Waals surface area contributed by atoms with Gasteiger partial charge in [0.05, 0.1) is 5.41 Å². The number of sulfonamides is 1. The van der Waals surface area contributed by atoms with E-state index in [1.54, 1.807) is 7.05 Å². The van der Waals surface area contributed by atoms with Gasteiger partial charge in [0, 0.05) is 40.4 Å². The second-order valence-corrected chi connectivity index (χ2v) is 9.20. The summed E-state index contributed by atoms with van der Waals surface area (Å²) in [5, 5.41) is 9.60. The number of aryl methyl sites for hydroxylation is 1. The number of carbonyl (C=O) groups excluding carboxylic acids is 1. The van der Waals surface area contributed by atoms with Crippen LogP contribution in [0.5, 0.6) is 0 Å². The van der Waals surface area contributed by atoms with Gasteiger partial charge >= 0.3 is 5.97 Å². The molecule has 1 unspecified atom stereocenters. The number of nitrogens with zero attached hydrogens (tertiary/aromatic N) is 3. The van der Waals surface area contributed by atoms with Gasteiger partial charge in [-0.25, -0.2) is 12.7 Å². The number of carboxylic acid groups (broad SMARTS) is 1. The van der Waals surface area contributed by atoms with Crippen molar-refractivity contribution in [1.29, 1.82) is 0 Å². The maximum absolute atomic E-state index is 12.8. The van der Waals surface area contributed by atoms with Gasteiger partial charge in [0.25, 0.3) is 5.91 Å². The highest BCUT2D eigenvalue weighted by atomic mass is 32.2. The molecule has 1 aliphatic heterocycles. The highest BCUT2D eigenvalue weighted by Crippen LogP contribution is 2.38. The SMILES string of the molecule is CC(C)C1(C(=O)O)CCN(C(=O)c2cc(S(=O)(=O)N(C)C)cn2C)C1. The second kappa shape index (κ2) is 6.45. The maximum Gasteiger partial charge on any atom is 0.311 e. The van der Waals surface area contributed by atoms with E-state index >= 15 is 0 Å². The summed E-state index contributed by atoms with van der Waals surface area (Å²) in [5.74, 6) is -1.37. The van der Waals surface area contributed by atoms with Crippen LogP contribution in [-0.2, 0) is 21.9 Å². The van der Waals surface area contributed by atoms with Gasteiger partial charge in [-0.2, -0.15) is 0 Å². The number of carboxylic acids is 1. The highest BCUT2D eigenvalue weighted by molar-refractivity contribution is 7.89. The third kappa shape index (κ3) is 3.18. The Hall–Kier alpha value is -1.87. The predicted octanol–water partition coefficient (Wildman–Crippen LogP) is 0.848. The topological polar surface area (TPSA) is 99.9 Å². The molecule has 1 saturated heterocycles. The molecule has 1 fully saturated rings. The molecular formula is C16H25N3O5S. The monoisotopic (exact) mass is 371 g/mol. The van der Waals surface area contributed by atoms with Gasteiger partial charge in [-0.1, -0.05) is 13.8 Å². The smallest absolute Gasteiger partial charge is 0.311 e. The summed E-state index contributed by atoms with van der Waals surface area (Å²) in [4.78, 5) is 26.1. The first kappa shape index (κ1) is 19.5. The molecule has 140 valence electrons. The van der Waals surface area contributed by atoms with Crippen molar-refractivity contribution < 1.29 is 23.1 Å². The number of aromatic nitrogens is 1. The minimum absolute atomic E-state index is 0.0379. The zero-order chi connectivity index (χ0) is 19.2. The van der Waals surface area contributed by atoms with E-state index < -0.39 is 21.4 Å². The highest BCUT2D eigenvalue weighted by Gasteiger charge is 2.48. The molecule has 25 heavy (non-hydrogen) atoms. The van der Waals surface area contributed by atoms with Crippen LogP contribution in [0.3, 0.4) is 0 Å². The van der Waals surface area contributed by atoms with Crippen molar-refractivity contribution in [3.63, 3.8) is 0 Å². The van der Waals surface area contributed by atoms with E-state index in [2.05, 4.69) is 0 Å². The van der Waals surface area contributed by atoms with Crippen LogP contribution in [0.25, 0.3) is 0 Å². The minimum Gasteiger partial charge on any atom is -0.481 e. The van der Waals surface area contributed by atoms with Crippen LogP contribution in [0.1, 0.15) is 30.8 Å². The molecule has 1 amide bonds. The molecule has 0 bridgehead atoms. The average Bonchev–Trinajstić information content (AvgIpc) is 3.11. The van der Waals surface area contributed by atoms with E-state index in [0.29, 0.717) is 13.0 Å². The lowest BCUT2D eigenvalue weighted by molar-refractivity contribution is -0.150.